The van der Waals surface area contributed by atoms with Crippen LogP contribution in [0.15, 0.2) is 18.2 Å². The first kappa shape index (κ1) is 8.96. The first-order valence-electron chi connectivity index (χ1n) is 3.71. The summed E-state index contributed by atoms with van der Waals surface area (Å²) in [5.41, 5.74) is 12.0. The smallest absolute Gasteiger partial charge is 0.123 e. The third-order valence-electron chi connectivity index (χ3n) is 1.52. The second-order valence-electron chi connectivity index (χ2n) is 2.55. The average molecular weight is 167 g/mol. The van der Waals surface area contributed by atoms with Crippen LogP contribution in [0, 0.1) is 0 Å². The Kier molecular flexibility index (Phi) is 3.01. The molecule has 0 bridgehead atoms. The summed E-state index contributed by atoms with van der Waals surface area (Å²) >= 11 is 0. The van der Waals surface area contributed by atoms with Crippen molar-refractivity contribution in [2.45, 2.75) is 6.04 Å². The Morgan fingerprint density at radius 1 is 1.58 bits per heavy atom. The van der Waals surface area contributed by atoms with Crippen LogP contribution in [0.4, 0.5) is 5.82 Å². The van der Waals surface area contributed by atoms with Crippen molar-refractivity contribution in [3.63, 3.8) is 0 Å². The number of hydrogen-bond acceptors (Lipinski definition) is 4. The zero-order valence-corrected chi connectivity index (χ0v) is 7.03. The highest BCUT2D eigenvalue weighted by Crippen LogP contribution is 2.08. The molecule has 4 heteroatoms. The lowest BCUT2D eigenvalue weighted by Crippen LogP contribution is -2.17. The fourth-order valence-corrected chi connectivity index (χ4v) is 0.940. The van der Waals surface area contributed by atoms with Crippen molar-refractivity contribution in [3.05, 3.63) is 23.9 Å². The van der Waals surface area contributed by atoms with Gasteiger partial charge in [0.2, 0.25) is 0 Å². The zero-order valence-electron chi connectivity index (χ0n) is 7.03. The van der Waals surface area contributed by atoms with E-state index in [4.69, 9.17) is 16.2 Å². The number of nitrogens with zero attached hydrogens (tertiary/aromatic N) is 1. The Bertz CT molecular complexity index is 252. The number of methoxy groups -OCH3 is 1. The summed E-state index contributed by atoms with van der Waals surface area (Å²) < 4.78 is 4.89. The number of aromatic nitrogens is 1. The molecule has 0 aliphatic heterocycles. The average Bonchev–Trinajstić information content (AvgIpc) is 2.05. The van der Waals surface area contributed by atoms with E-state index in [-0.39, 0.29) is 6.04 Å². The summed E-state index contributed by atoms with van der Waals surface area (Å²) in [7, 11) is 1.60. The molecule has 1 heterocycles. The third-order valence-corrected chi connectivity index (χ3v) is 1.52. The first-order valence-corrected chi connectivity index (χ1v) is 3.71. The number of hydrogen-bond donors (Lipinski definition) is 2. The second kappa shape index (κ2) is 4.04. The molecule has 0 aromatic carbocycles. The van der Waals surface area contributed by atoms with Crippen LogP contribution < -0.4 is 11.5 Å². The molecular weight excluding hydrogens is 154 g/mol. The van der Waals surface area contributed by atoms with Crippen LogP contribution in [0.5, 0.6) is 0 Å². The highest BCUT2D eigenvalue weighted by molar-refractivity contribution is 5.29. The Balaban J connectivity index is 2.73. The molecule has 0 saturated carbocycles. The van der Waals surface area contributed by atoms with E-state index in [9.17, 15) is 0 Å². The molecule has 0 saturated heterocycles. The van der Waals surface area contributed by atoms with Crippen molar-refractivity contribution in [2.24, 2.45) is 5.73 Å². The minimum Gasteiger partial charge on any atom is -0.384 e. The zero-order chi connectivity index (χ0) is 8.97. The highest BCUT2D eigenvalue weighted by atomic mass is 16.5. The van der Waals surface area contributed by atoms with Crippen molar-refractivity contribution in [1.82, 2.24) is 4.98 Å². The number of rotatable bonds is 3. The molecule has 12 heavy (non-hydrogen) atoms. The molecule has 66 valence electrons. The van der Waals surface area contributed by atoms with Gasteiger partial charge in [-0.2, -0.15) is 0 Å². The number of anilines is 1. The predicted octanol–water partition coefficient (Wildman–Crippen LogP) is 0.310. The number of pyridine rings is 1. The Morgan fingerprint density at radius 2 is 2.33 bits per heavy atom. The second-order valence-corrected chi connectivity index (χ2v) is 2.55. The lowest BCUT2D eigenvalue weighted by Gasteiger charge is -2.09. The molecule has 0 amide bonds. The molecule has 1 atom stereocenters. The molecule has 1 aromatic heterocycles. The molecule has 4 nitrogen and oxygen atoms in total. The fraction of sp³-hybridized carbons (Fsp3) is 0.375. The lowest BCUT2D eigenvalue weighted by atomic mass is 10.2. The maximum absolute atomic E-state index is 5.73. The molecule has 0 unspecified atom stereocenters. The van der Waals surface area contributed by atoms with Gasteiger partial charge in [-0.1, -0.05) is 6.07 Å². The monoisotopic (exact) mass is 167 g/mol. The van der Waals surface area contributed by atoms with Gasteiger partial charge in [-0.15, -0.1) is 0 Å². The Hall–Kier alpha value is -1.13. The minimum absolute atomic E-state index is 0.196. The molecule has 1 aromatic rings. The van der Waals surface area contributed by atoms with Gasteiger partial charge >= 0.3 is 0 Å². The van der Waals surface area contributed by atoms with Crippen molar-refractivity contribution < 1.29 is 4.74 Å². The molecule has 0 spiro atoms. The van der Waals surface area contributed by atoms with Gasteiger partial charge in [0.15, 0.2) is 0 Å². The van der Waals surface area contributed by atoms with Crippen LogP contribution in [0.2, 0.25) is 0 Å². The van der Waals surface area contributed by atoms with E-state index in [0.29, 0.717) is 12.4 Å². The largest absolute Gasteiger partial charge is 0.384 e. The van der Waals surface area contributed by atoms with E-state index in [1.54, 1.807) is 13.2 Å². The standard InChI is InChI=1S/C8H13N3O/c1-12-5-6(9)7-3-2-4-8(10)11-7/h2-4,6H,5,9H2,1H3,(H2,10,11)/t6-/m1/s1. The van der Waals surface area contributed by atoms with Crippen molar-refractivity contribution in [2.75, 3.05) is 19.5 Å². The van der Waals surface area contributed by atoms with Crippen molar-refractivity contribution in [1.29, 1.82) is 0 Å². The van der Waals surface area contributed by atoms with Gasteiger partial charge in [0.25, 0.3) is 0 Å². The predicted molar refractivity (Wildman–Crippen MR) is 47.5 cm³/mol. The van der Waals surface area contributed by atoms with Gasteiger partial charge in [0.05, 0.1) is 18.3 Å². The van der Waals surface area contributed by atoms with Gasteiger partial charge < -0.3 is 16.2 Å². The van der Waals surface area contributed by atoms with Crippen LogP contribution in [0.1, 0.15) is 11.7 Å². The molecule has 0 aliphatic rings. The molecule has 4 N–H and O–H groups in total. The van der Waals surface area contributed by atoms with E-state index >= 15 is 0 Å². The van der Waals surface area contributed by atoms with Gasteiger partial charge in [-0.25, -0.2) is 4.98 Å². The van der Waals surface area contributed by atoms with Crippen LogP contribution in [0.3, 0.4) is 0 Å². The van der Waals surface area contributed by atoms with E-state index in [1.165, 1.54) is 0 Å². The minimum atomic E-state index is -0.196. The fourth-order valence-electron chi connectivity index (χ4n) is 0.940. The van der Waals surface area contributed by atoms with E-state index in [2.05, 4.69) is 4.98 Å². The van der Waals surface area contributed by atoms with Crippen molar-refractivity contribution in [3.8, 4) is 0 Å². The van der Waals surface area contributed by atoms with Crippen LogP contribution >= 0.6 is 0 Å². The topological polar surface area (TPSA) is 74.2 Å². The molecule has 1 rings (SSSR count). The quantitative estimate of drug-likeness (QED) is 0.679. The maximum atomic E-state index is 5.73. The number of nitrogen functional groups attached to an aromatic ring is 1. The Morgan fingerprint density at radius 3 is 2.92 bits per heavy atom. The number of ether oxygens (including phenoxy) is 1. The summed E-state index contributed by atoms with van der Waals surface area (Å²) in [6.07, 6.45) is 0. The van der Waals surface area contributed by atoms with E-state index in [1.807, 2.05) is 12.1 Å². The van der Waals surface area contributed by atoms with Crippen LogP contribution in [-0.4, -0.2) is 18.7 Å². The van der Waals surface area contributed by atoms with Gasteiger partial charge in [0.1, 0.15) is 5.82 Å². The molecule has 0 radical (unpaired) electrons. The van der Waals surface area contributed by atoms with Crippen LogP contribution in [0.25, 0.3) is 0 Å². The number of nitrogens with two attached hydrogens (primary N) is 2. The highest BCUT2D eigenvalue weighted by Gasteiger charge is 2.05. The summed E-state index contributed by atoms with van der Waals surface area (Å²) in [6.45, 7) is 0.455. The summed E-state index contributed by atoms with van der Waals surface area (Å²) in [6, 6.07) is 5.19. The normalized spacial score (nSPS) is 12.8. The first-order chi connectivity index (χ1) is 5.74. The van der Waals surface area contributed by atoms with Crippen LogP contribution in [-0.2, 0) is 4.74 Å². The summed E-state index contributed by atoms with van der Waals surface area (Å²) in [5.74, 6) is 0.485. The van der Waals surface area contributed by atoms with Crippen molar-refractivity contribution >= 4 is 5.82 Å². The molecular formula is C8H13N3O. The molecule has 0 fully saturated rings. The lowest BCUT2D eigenvalue weighted by molar-refractivity contribution is 0.179. The van der Waals surface area contributed by atoms with E-state index in [0.717, 1.165) is 5.69 Å². The maximum Gasteiger partial charge on any atom is 0.123 e. The van der Waals surface area contributed by atoms with Gasteiger partial charge in [0, 0.05) is 7.11 Å². The Labute approximate surface area is 71.5 Å². The summed E-state index contributed by atoms with van der Waals surface area (Å²) in [5, 5.41) is 0. The summed E-state index contributed by atoms with van der Waals surface area (Å²) in [4.78, 5) is 4.06. The van der Waals surface area contributed by atoms with E-state index < -0.39 is 0 Å². The van der Waals surface area contributed by atoms with Gasteiger partial charge in [-0.05, 0) is 12.1 Å². The molecule has 0 aliphatic carbocycles. The van der Waals surface area contributed by atoms with Gasteiger partial charge in [-0.3, -0.25) is 0 Å². The SMILES string of the molecule is COC[C@@H](N)c1cccc(N)n1. The third kappa shape index (κ3) is 2.18.